The molecule has 0 aliphatic heterocycles. The number of nitrogens with two attached hydrogens (primary N) is 1. The largest absolute Gasteiger partial charge is 0.330 e. The Kier molecular flexibility index (Phi) is 4.03. The van der Waals surface area contributed by atoms with E-state index in [1.807, 2.05) is 18.2 Å². The minimum Gasteiger partial charge on any atom is -0.330 e. The molecule has 3 rings (SSSR count). The summed E-state index contributed by atoms with van der Waals surface area (Å²) in [6.45, 7) is 0.525. The Hall–Kier alpha value is -2.11. The van der Waals surface area contributed by atoms with Crippen LogP contribution in [0.2, 0.25) is 0 Å². The van der Waals surface area contributed by atoms with Gasteiger partial charge in [0.15, 0.2) is 0 Å². The first-order valence-electron chi connectivity index (χ1n) is 6.64. The fourth-order valence-corrected chi connectivity index (χ4v) is 3.25. The monoisotopic (exact) mass is 299 g/mol. The number of hydrogen-bond acceptors (Lipinski definition) is 4. The number of halogens is 1. The molecule has 2 heterocycles. The van der Waals surface area contributed by atoms with Gasteiger partial charge in [0.25, 0.3) is 0 Å². The second-order valence-electron chi connectivity index (χ2n) is 4.55. The molecule has 0 amide bonds. The van der Waals surface area contributed by atoms with E-state index in [-0.39, 0.29) is 5.82 Å². The van der Waals surface area contributed by atoms with E-state index in [9.17, 15) is 4.39 Å². The summed E-state index contributed by atoms with van der Waals surface area (Å²) in [6, 6.07) is 10.5. The van der Waals surface area contributed by atoms with E-state index >= 15 is 0 Å². The third-order valence-electron chi connectivity index (χ3n) is 3.08. The van der Waals surface area contributed by atoms with Crippen LogP contribution < -0.4 is 5.73 Å². The molecule has 0 atom stereocenters. The lowest BCUT2D eigenvalue weighted by Crippen LogP contribution is -2.01. The molecule has 1 aromatic carbocycles. The van der Waals surface area contributed by atoms with Gasteiger partial charge in [0.2, 0.25) is 0 Å². The van der Waals surface area contributed by atoms with Crippen molar-refractivity contribution < 1.29 is 4.39 Å². The quantitative estimate of drug-likeness (QED) is 0.802. The van der Waals surface area contributed by atoms with E-state index < -0.39 is 0 Å². The maximum atomic E-state index is 14.1. The summed E-state index contributed by atoms with van der Waals surface area (Å²) in [5, 5.41) is 0.912. The van der Waals surface area contributed by atoms with Crippen molar-refractivity contribution in [1.29, 1.82) is 0 Å². The van der Waals surface area contributed by atoms with Crippen LogP contribution in [0.3, 0.4) is 0 Å². The number of aromatic nitrogens is 2. The van der Waals surface area contributed by atoms with Gasteiger partial charge in [0.1, 0.15) is 5.82 Å². The van der Waals surface area contributed by atoms with Gasteiger partial charge in [-0.05, 0) is 24.7 Å². The van der Waals surface area contributed by atoms with E-state index in [0.717, 1.165) is 21.1 Å². The Bertz CT molecular complexity index is 740. The Morgan fingerprint density at radius 3 is 2.71 bits per heavy atom. The van der Waals surface area contributed by atoms with Crippen LogP contribution in [-0.2, 0) is 6.42 Å². The summed E-state index contributed by atoms with van der Waals surface area (Å²) in [5.74, 6) is -0.245. The van der Waals surface area contributed by atoms with Gasteiger partial charge in [-0.25, -0.2) is 9.37 Å². The van der Waals surface area contributed by atoms with Crippen LogP contribution in [0.5, 0.6) is 0 Å². The summed E-state index contributed by atoms with van der Waals surface area (Å²) in [4.78, 5) is 9.56. The molecule has 3 aromatic rings. The highest BCUT2D eigenvalue weighted by Crippen LogP contribution is 2.37. The zero-order valence-corrected chi connectivity index (χ0v) is 12.1. The summed E-state index contributed by atoms with van der Waals surface area (Å²) in [6.07, 6.45) is 4.14. The van der Waals surface area contributed by atoms with Gasteiger partial charge in [-0.15, -0.1) is 11.3 Å². The fourth-order valence-electron chi connectivity index (χ4n) is 2.12. The summed E-state index contributed by atoms with van der Waals surface area (Å²) in [7, 11) is 0. The lowest BCUT2D eigenvalue weighted by Gasteiger charge is -2.03. The predicted octanol–water partition coefficient (Wildman–Crippen LogP) is 3.51. The van der Waals surface area contributed by atoms with E-state index in [2.05, 4.69) is 9.97 Å². The lowest BCUT2D eigenvalue weighted by atomic mass is 10.1. The molecular formula is C16H14FN3S. The summed E-state index contributed by atoms with van der Waals surface area (Å²) >= 11 is 1.49. The molecule has 0 radical (unpaired) electrons. The van der Waals surface area contributed by atoms with Crippen LogP contribution in [0.15, 0.2) is 48.8 Å². The molecule has 21 heavy (non-hydrogen) atoms. The Morgan fingerprint density at radius 2 is 2.00 bits per heavy atom. The van der Waals surface area contributed by atoms with Gasteiger partial charge in [-0.3, -0.25) is 4.98 Å². The first-order valence-corrected chi connectivity index (χ1v) is 7.46. The van der Waals surface area contributed by atoms with Gasteiger partial charge in [0, 0.05) is 29.9 Å². The Labute approximate surface area is 126 Å². The number of pyridine rings is 1. The van der Waals surface area contributed by atoms with Crippen LogP contribution in [0, 0.1) is 5.82 Å². The van der Waals surface area contributed by atoms with Gasteiger partial charge < -0.3 is 5.73 Å². The molecular weight excluding hydrogens is 285 g/mol. The van der Waals surface area contributed by atoms with Gasteiger partial charge in [-0.1, -0.05) is 18.2 Å². The third kappa shape index (κ3) is 2.84. The highest BCUT2D eigenvalue weighted by atomic mass is 32.1. The van der Waals surface area contributed by atoms with Crippen molar-refractivity contribution in [2.45, 2.75) is 6.42 Å². The van der Waals surface area contributed by atoms with Gasteiger partial charge in [-0.2, -0.15) is 0 Å². The molecule has 0 saturated carbocycles. The molecule has 0 spiro atoms. The number of nitrogens with zero attached hydrogens (tertiary/aromatic N) is 2. The Balaban J connectivity index is 2.17. The highest BCUT2D eigenvalue weighted by Gasteiger charge is 2.17. The van der Waals surface area contributed by atoms with Crippen molar-refractivity contribution in [3.05, 3.63) is 59.6 Å². The minimum absolute atomic E-state index is 0.245. The van der Waals surface area contributed by atoms with Crippen molar-refractivity contribution in [2.75, 3.05) is 6.54 Å². The number of hydrogen-bond donors (Lipinski definition) is 1. The average Bonchev–Trinajstić information content (AvgIpc) is 2.93. The smallest absolute Gasteiger partial charge is 0.131 e. The van der Waals surface area contributed by atoms with Crippen molar-refractivity contribution in [3.63, 3.8) is 0 Å². The van der Waals surface area contributed by atoms with Crippen LogP contribution in [0.1, 0.15) is 5.01 Å². The SMILES string of the molecule is NCCc1nc(-c2cccnc2)c(-c2ccccc2F)s1. The van der Waals surface area contributed by atoms with Crippen LogP contribution in [-0.4, -0.2) is 16.5 Å². The molecule has 0 aliphatic rings. The predicted molar refractivity (Wildman–Crippen MR) is 83.5 cm³/mol. The normalized spacial score (nSPS) is 10.8. The van der Waals surface area contributed by atoms with Crippen LogP contribution in [0.4, 0.5) is 4.39 Å². The van der Waals surface area contributed by atoms with Gasteiger partial charge >= 0.3 is 0 Å². The molecule has 0 aliphatic carbocycles. The molecule has 0 unspecified atom stereocenters. The van der Waals surface area contributed by atoms with E-state index in [0.29, 0.717) is 18.5 Å². The van der Waals surface area contributed by atoms with E-state index in [1.165, 1.54) is 17.4 Å². The summed E-state index contributed by atoms with van der Waals surface area (Å²) in [5.41, 5.74) is 7.82. The second-order valence-corrected chi connectivity index (χ2v) is 5.63. The molecule has 2 aromatic heterocycles. The topological polar surface area (TPSA) is 51.8 Å². The number of thiazole rings is 1. The van der Waals surface area contributed by atoms with Crippen molar-refractivity contribution in [3.8, 4) is 21.7 Å². The molecule has 0 bridgehead atoms. The molecule has 0 fully saturated rings. The van der Waals surface area contributed by atoms with Crippen LogP contribution in [0.25, 0.3) is 21.7 Å². The van der Waals surface area contributed by atoms with Crippen molar-refractivity contribution in [2.24, 2.45) is 5.73 Å². The number of rotatable bonds is 4. The second kappa shape index (κ2) is 6.11. The first-order chi connectivity index (χ1) is 10.3. The van der Waals surface area contributed by atoms with E-state index in [1.54, 1.807) is 24.5 Å². The van der Waals surface area contributed by atoms with Gasteiger partial charge in [0.05, 0.1) is 15.6 Å². The standard InChI is InChI=1S/C16H14FN3S/c17-13-6-2-1-5-12(13)16-15(11-4-3-9-19-10-11)20-14(21-16)7-8-18/h1-6,9-10H,7-8,18H2. The van der Waals surface area contributed by atoms with E-state index in [4.69, 9.17) is 5.73 Å². The first kappa shape index (κ1) is 13.9. The zero-order chi connectivity index (χ0) is 14.7. The highest BCUT2D eigenvalue weighted by molar-refractivity contribution is 7.15. The molecule has 3 nitrogen and oxygen atoms in total. The lowest BCUT2D eigenvalue weighted by molar-refractivity contribution is 0.631. The fraction of sp³-hybridized carbons (Fsp3) is 0.125. The van der Waals surface area contributed by atoms with Crippen molar-refractivity contribution in [1.82, 2.24) is 9.97 Å². The molecule has 2 N–H and O–H groups in total. The van der Waals surface area contributed by atoms with Crippen molar-refractivity contribution >= 4 is 11.3 Å². The maximum absolute atomic E-state index is 14.1. The average molecular weight is 299 g/mol. The minimum atomic E-state index is -0.245. The molecule has 0 saturated heterocycles. The Morgan fingerprint density at radius 1 is 1.14 bits per heavy atom. The maximum Gasteiger partial charge on any atom is 0.131 e. The zero-order valence-electron chi connectivity index (χ0n) is 11.3. The summed E-state index contributed by atoms with van der Waals surface area (Å²) < 4.78 is 14.1. The molecule has 5 heteroatoms. The third-order valence-corrected chi connectivity index (χ3v) is 4.23. The van der Waals surface area contributed by atoms with Crippen LogP contribution >= 0.6 is 11.3 Å². The number of benzene rings is 1. The molecule has 106 valence electrons.